The van der Waals surface area contributed by atoms with Gasteiger partial charge in [-0.05, 0) is 95.4 Å². The fourth-order valence-electron chi connectivity index (χ4n) is 10.1. The minimum atomic E-state index is -0.545. The Balaban J connectivity index is 1.07. The van der Waals surface area contributed by atoms with Crippen molar-refractivity contribution in [3.8, 4) is 67.3 Å². The molecule has 1 aliphatic carbocycles. The first-order chi connectivity index (χ1) is 31.2. The van der Waals surface area contributed by atoms with Crippen molar-refractivity contribution in [2.24, 2.45) is 0 Å². The molecule has 0 amide bonds. The summed E-state index contributed by atoms with van der Waals surface area (Å²) in [5, 5.41) is 4.67. The fraction of sp³-hybridized carbons (Fsp3) is 0.0164. The van der Waals surface area contributed by atoms with Gasteiger partial charge in [-0.2, -0.15) is 0 Å². The van der Waals surface area contributed by atoms with E-state index in [9.17, 15) is 0 Å². The first-order valence-electron chi connectivity index (χ1n) is 21.6. The highest BCUT2D eigenvalue weighted by Crippen LogP contribution is 2.57. The number of aromatic nitrogens is 2. The molecule has 0 unspecified atom stereocenters. The third-order valence-electron chi connectivity index (χ3n) is 13.0. The number of nitrogens with zero attached hydrogens (tertiary/aromatic N) is 2. The Bertz CT molecular complexity index is 3440. The van der Waals surface area contributed by atoms with Crippen LogP contribution >= 0.6 is 0 Å². The predicted molar refractivity (Wildman–Crippen MR) is 262 cm³/mol. The molecule has 0 saturated heterocycles. The molecule has 1 aliphatic rings. The molecule has 11 aromatic rings. The molecule has 294 valence electrons. The lowest BCUT2D eigenvalue weighted by atomic mass is 9.67. The summed E-state index contributed by atoms with van der Waals surface area (Å²) in [6, 6.07) is 87.9. The first kappa shape index (κ1) is 36.6. The van der Waals surface area contributed by atoms with Crippen LogP contribution < -0.4 is 0 Å². The quantitative estimate of drug-likeness (QED) is 0.160. The maximum atomic E-state index is 5.31. The predicted octanol–water partition coefficient (Wildman–Crippen LogP) is 15.5. The third kappa shape index (κ3) is 6.02. The minimum absolute atomic E-state index is 0.545. The summed E-state index contributed by atoms with van der Waals surface area (Å²) in [4.78, 5) is 10.5. The normalized spacial score (nSPS) is 12.6. The van der Waals surface area contributed by atoms with Crippen molar-refractivity contribution in [3.63, 3.8) is 0 Å². The molecule has 2 nitrogen and oxygen atoms in total. The topological polar surface area (TPSA) is 25.8 Å². The highest BCUT2D eigenvalue weighted by Gasteiger charge is 2.46. The van der Waals surface area contributed by atoms with Gasteiger partial charge in [-0.15, -0.1) is 0 Å². The third-order valence-corrected chi connectivity index (χ3v) is 13.0. The van der Waals surface area contributed by atoms with Crippen molar-refractivity contribution in [3.05, 3.63) is 265 Å². The van der Waals surface area contributed by atoms with Gasteiger partial charge in [0.1, 0.15) is 0 Å². The first-order valence-corrected chi connectivity index (χ1v) is 21.6. The number of benzene rings is 10. The summed E-state index contributed by atoms with van der Waals surface area (Å²) in [5.74, 6) is 0.705. The zero-order chi connectivity index (χ0) is 41.7. The Morgan fingerprint density at radius 3 is 1.35 bits per heavy atom. The molecule has 0 aliphatic heterocycles. The van der Waals surface area contributed by atoms with Gasteiger partial charge < -0.3 is 0 Å². The van der Waals surface area contributed by atoms with Gasteiger partial charge in [0.15, 0.2) is 5.82 Å². The molecule has 0 spiro atoms. The van der Waals surface area contributed by atoms with Crippen LogP contribution in [-0.2, 0) is 5.41 Å². The van der Waals surface area contributed by atoms with Crippen LogP contribution in [0.4, 0.5) is 0 Å². The summed E-state index contributed by atoms with van der Waals surface area (Å²) in [6.07, 6.45) is 0. The molecule has 0 saturated carbocycles. The lowest BCUT2D eigenvalue weighted by molar-refractivity contribution is 0.769. The maximum absolute atomic E-state index is 5.31. The Morgan fingerprint density at radius 1 is 0.270 bits per heavy atom. The molecule has 1 aromatic heterocycles. The number of rotatable bonds is 7. The molecule has 0 N–H and O–H groups in total. The van der Waals surface area contributed by atoms with Crippen molar-refractivity contribution in [1.82, 2.24) is 9.97 Å². The summed E-state index contributed by atoms with van der Waals surface area (Å²) in [5.41, 5.74) is 16.8. The van der Waals surface area contributed by atoms with Crippen LogP contribution in [-0.4, -0.2) is 9.97 Å². The van der Waals surface area contributed by atoms with Crippen molar-refractivity contribution in [2.45, 2.75) is 5.41 Å². The van der Waals surface area contributed by atoms with Crippen molar-refractivity contribution >= 4 is 21.5 Å². The van der Waals surface area contributed by atoms with Gasteiger partial charge in [0.05, 0.1) is 16.8 Å². The van der Waals surface area contributed by atoms with E-state index in [1.165, 1.54) is 71.8 Å². The zero-order valence-electron chi connectivity index (χ0n) is 34.5. The van der Waals surface area contributed by atoms with Gasteiger partial charge in [-0.1, -0.05) is 224 Å². The van der Waals surface area contributed by atoms with Crippen LogP contribution in [0.25, 0.3) is 88.8 Å². The Hall–Kier alpha value is -8.20. The maximum Gasteiger partial charge on any atom is 0.160 e. The van der Waals surface area contributed by atoms with Gasteiger partial charge in [-0.3, -0.25) is 0 Å². The van der Waals surface area contributed by atoms with E-state index >= 15 is 0 Å². The van der Waals surface area contributed by atoms with Crippen LogP contribution in [0.3, 0.4) is 0 Å². The molecular formula is C61H40N2. The summed E-state index contributed by atoms with van der Waals surface area (Å²) < 4.78 is 0. The van der Waals surface area contributed by atoms with Crippen LogP contribution in [0.2, 0.25) is 0 Å². The van der Waals surface area contributed by atoms with E-state index in [0.29, 0.717) is 5.82 Å². The Morgan fingerprint density at radius 2 is 0.714 bits per heavy atom. The minimum Gasteiger partial charge on any atom is -0.228 e. The second-order valence-corrected chi connectivity index (χ2v) is 16.4. The van der Waals surface area contributed by atoms with Gasteiger partial charge in [0.25, 0.3) is 0 Å². The Labute approximate surface area is 367 Å². The highest BCUT2D eigenvalue weighted by atomic mass is 14.9. The molecular weight excluding hydrogens is 761 g/mol. The SMILES string of the molecule is c1ccc(-c2ccc3c(c2)C(c2ccccc2)(c2ccccc2)c2cc(-c4ccc(-c5cc(-c6cccc7ccccc67)nc(-c6ccccc6)n5)c5ccccc45)ccc2-3)cc1. The second kappa shape index (κ2) is 15.1. The fourth-order valence-corrected chi connectivity index (χ4v) is 10.1. The zero-order valence-corrected chi connectivity index (χ0v) is 34.5. The van der Waals surface area contributed by atoms with Crippen molar-refractivity contribution in [1.29, 1.82) is 0 Å². The summed E-state index contributed by atoms with van der Waals surface area (Å²) >= 11 is 0. The number of hydrogen-bond acceptors (Lipinski definition) is 2. The van der Waals surface area contributed by atoms with E-state index in [2.05, 4.69) is 237 Å². The number of hydrogen-bond donors (Lipinski definition) is 0. The van der Waals surface area contributed by atoms with Gasteiger partial charge >= 0.3 is 0 Å². The van der Waals surface area contributed by atoms with Gasteiger partial charge in [0, 0.05) is 16.7 Å². The molecule has 0 radical (unpaired) electrons. The highest BCUT2D eigenvalue weighted by molar-refractivity contribution is 6.06. The standard InChI is InChI=1S/C61H40N2/c1-5-18-41(19-6-1)44-32-34-52-53-35-33-45(39-57(53)61(56(52)38-44,46-24-9-3-10-25-46)47-26-11-4-12-27-47)49-36-37-55(51-30-16-15-29-50(49)51)59-40-58(62-60(63-59)43-21-7-2-8-22-43)54-31-17-23-42-20-13-14-28-48(42)54/h1-40H. The summed E-state index contributed by atoms with van der Waals surface area (Å²) in [7, 11) is 0. The van der Waals surface area contributed by atoms with Crippen LogP contribution in [0.1, 0.15) is 22.3 Å². The molecule has 1 heterocycles. The van der Waals surface area contributed by atoms with E-state index in [0.717, 1.165) is 33.5 Å². The lowest BCUT2D eigenvalue weighted by Crippen LogP contribution is -2.28. The monoisotopic (exact) mass is 800 g/mol. The van der Waals surface area contributed by atoms with E-state index in [4.69, 9.17) is 9.97 Å². The van der Waals surface area contributed by atoms with E-state index in [-0.39, 0.29) is 0 Å². The molecule has 0 atom stereocenters. The van der Waals surface area contributed by atoms with Crippen LogP contribution in [0.5, 0.6) is 0 Å². The van der Waals surface area contributed by atoms with E-state index in [1.54, 1.807) is 0 Å². The average molecular weight is 801 g/mol. The second-order valence-electron chi connectivity index (χ2n) is 16.4. The van der Waals surface area contributed by atoms with Crippen LogP contribution in [0, 0.1) is 0 Å². The van der Waals surface area contributed by atoms with Crippen molar-refractivity contribution in [2.75, 3.05) is 0 Å². The molecule has 0 bridgehead atoms. The molecule has 63 heavy (non-hydrogen) atoms. The van der Waals surface area contributed by atoms with Gasteiger partial charge in [-0.25, -0.2) is 9.97 Å². The van der Waals surface area contributed by atoms with Gasteiger partial charge in [0.2, 0.25) is 0 Å². The molecule has 2 heteroatoms. The molecule has 12 rings (SSSR count). The molecule has 10 aromatic carbocycles. The Kier molecular flexibility index (Phi) is 8.76. The lowest BCUT2D eigenvalue weighted by Gasteiger charge is -2.34. The smallest absolute Gasteiger partial charge is 0.160 e. The summed E-state index contributed by atoms with van der Waals surface area (Å²) in [6.45, 7) is 0. The van der Waals surface area contributed by atoms with E-state index in [1.807, 2.05) is 6.07 Å². The van der Waals surface area contributed by atoms with E-state index < -0.39 is 5.41 Å². The largest absolute Gasteiger partial charge is 0.228 e. The average Bonchev–Trinajstić information content (AvgIpc) is 3.66. The molecule has 0 fully saturated rings. The van der Waals surface area contributed by atoms with Crippen molar-refractivity contribution < 1.29 is 0 Å². The van der Waals surface area contributed by atoms with Crippen LogP contribution in [0.15, 0.2) is 243 Å². The number of fused-ring (bicyclic) bond motifs is 5.